The molecule has 0 aromatic carbocycles. The highest BCUT2D eigenvalue weighted by atomic mass is 16.6. The number of rotatable bonds is 11. The van der Waals surface area contributed by atoms with Crippen molar-refractivity contribution in [2.75, 3.05) is 6.61 Å². The third kappa shape index (κ3) is 7.59. The minimum Gasteiger partial charge on any atom is -0.466 e. The lowest BCUT2D eigenvalue weighted by Crippen LogP contribution is -2.28. The van der Waals surface area contributed by atoms with E-state index in [4.69, 9.17) is 9.47 Å². The fourth-order valence-corrected chi connectivity index (χ4v) is 2.38. The Morgan fingerprint density at radius 3 is 2.50 bits per heavy atom. The molecular formula is C17H26O7. The molecule has 7 nitrogen and oxygen atoms in total. The number of carbonyl (C=O) groups is 3. The van der Waals surface area contributed by atoms with Crippen LogP contribution >= 0.6 is 0 Å². The number of unbranched alkanes of at least 4 members (excludes halogenated alkanes) is 5. The summed E-state index contributed by atoms with van der Waals surface area (Å²) in [6, 6.07) is 0. The average molecular weight is 342 g/mol. The van der Waals surface area contributed by atoms with Crippen molar-refractivity contribution in [1.82, 2.24) is 0 Å². The molecule has 0 radical (unpaired) electrons. The number of aliphatic hydroxyl groups is 1. The van der Waals surface area contributed by atoms with Gasteiger partial charge in [-0.3, -0.25) is 9.59 Å². The molecule has 0 saturated carbocycles. The molecule has 0 saturated heterocycles. The predicted molar refractivity (Wildman–Crippen MR) is 84.7 cm³/mol. The normalized spacial score (nSPS) is 17.9. The van der Waals surface area contributed by atoms with Gasteiger partial charge in [-0.1, -0.05) is 39.0 Å². The van der Waals surface area contributed by atoms with E-state index in [1.807, 2.05) is 0 Å². The summed E-state index contributed by atoms with van der Waals surface area (Å²) >= 11 is 0. The van der Waals surface area contributed by atoms with Crippen LogP contribution in [0.4, 0.5) is 0 Å². The highest BCUT2D eigenvalue weighted by Crippen LogP contribution is 2.22. The number of ether oxygens (including phenoxy) is 3. The second kappa shape index (κ2) is 10.8. The first-order chi connectivity index (χ1) is 11.4. The van der Waals surface area contributed by atoms with Gasteiger partial charge in [-0.05, 0) is 6.42 Å². The summed E-state index contributed by atoms with van der Waals surface area (Å²) in [6.07, 6.45) is 4.64. The molecule has 1 aliphatic rings. The fourth-order valence-electron chi connectivity index (χ4n) is 2.38. The van der Waals surface area contributed by atoms with E-state index < -0.39 is 30.3 Å². The van der Waals surface area contributed by atoms with Gasteiger partial charge in [0.15, 0.2) is 0 Å². The highest BCUT2D eigenvalue weighted by molar-refractivity contribution is 5.86. The van der Waals surface area contributed by atoms with Gasteiger partial charge >= 0.3 is 17.9 Å². The summed E-state index contributed by atoms with van der Waals surface area (Å²) in [4.78, 5) is 34.2. The summed E-state index contributed by atoms with van der Waals surface area (Å²) in [6.45, 7) is 3.63. The second-order valence-corrected chi connectivity index (χ2v) is 5.72. The van der Waals surface area contributed by atoms with Crippen molar-refractivity contribution < 1.29 is 33.7 Å². The Kier molecular flexibility index (Phi) is 9.07. The first kappa shape index (κ1) is 20.2. The lowest BCUT2D eigenvalue weighted by atomic mass is 10.1. The molecule has 0 aliphatic carbocycles. The molecule has 0 amide bonds. The lowest BCUT2D eigenvalue weighted by molar-refractivity contribution is -0.156. The molecule has 1 aliphatic heterocycles. The summed E-state index contributed by atoms with van der Waals surface area (Å²) in [5, 5.41) is 9.62. The number of cyclic esters (lactones) is 1. The van der Waals surface area contributed by atoms with Gasteiger partial charge in [0.25, 0.3) is 0 Å². The molecule has 0 fully saturated rings. The Morgan fingerprint density at radius 2 is 1.92 bits per heavy atom. The van der Waals surface area contributed by atoms with Gasteiger partial charge in [0.1, 0.15) is 6.10 Å². The van der Waals surface area contributed by atoms with Crippen molar-refractivity contribution in [2.24, 2.45) is 0 Å². The smallest absolute Gasteiger partial charge is 0.333 e. The van der Waals surface area contributed by atoms with Crippen molar-refractivity contribution in [3.63, 3.8) is 0 Å². The number of carbonyl (C=O) groups excluding carboxylic acids is 3. The van der Waals surface area contributed by atoms with Crippen LogP contribution in [0.15, 0.2) is 11.6 Å². The molecule has 2 unspecified atom stereocenters. The van der Waals surface area contributed by atoms with Crippen LogP contribution in [-0.4, -0.2) is 42.0 Å². The molecule has 1 heterocycles. The molecule has 0 bridgehead atoms. The van der Waals surface area contributed by atoms with Gasteiger partial charge in [-0.25, -0.2) is 4.79 Å². The van der Waals surface area contributed by atoms with Crippen LogP contribution < -0.4 is 0 Å². The Bertz CT molecular complexity index is 470. The monoisotopic (exact) mass is 342 g/mol. The van der Waals surface area contributed by atoms with Crippen molar-refractivity contribution in [3.8, 4) is 0 Å². The number of esters is 3. The molecule has 1 rings (SSSR count). The largest absolute Gasteiger partial charge is 0.466 e. The van der Waals surface area contributed by atoms with Crippen molar-refractivity contribution in [1.29, 1.82) is 0 Å². The molecule has 0 aromatic heterocycles. The van der Waals surface area contributed by atoms with E-state index in [9.17, 15) is 19.5 Å². The van der Waals surface area contributed by atoms with Crippen molar-refractivity contribution in [3.05, 3.63) is 11.6 Å². The topological polar surface area (TPSA) is 99.1 Å². The maximum absolute atomic E-state index is 11.9. The maximum atomic E-state index is 11.9. The van der Waals surface area contributed by atoms with Crippen molar-refractivity contribution >= 4 is 17.9 Å². The Hall–Kier alpha value is -1.89. The molecule has 7 heteroatoms. The van der Waals surface area contributed by atoms with E-state index in [2.05, 4.69) is 11.7 Å². The Balaban J connectivity index is 2.38. The van der Waals surface area contributed by atoms with Gasteiger partial charge in [-0.15, -0.1) is 0 Å². The first-order valence-corrected chi connectivity index (χ1v) is 8.37. The van der Waals surface area contributed by atoms with Crippen molar-refractivity contribution in [2.45, 2.75) is 71.2 Å². The van der Waals surface area contributed by atoms with E-state index >= 15 is 0 Å². The number of hydrogen-bond donors (Lipinski definition) is 1. The SMILES string of the molecule is CCCCCCCCOC(=O)CC(OC(C)=O)C1=CC(=O)OC1O. The Morgan fingerprint density at radius 1 is 1.25 bits per heavy atom. The van der Waals surface area contributed by atoms with E-state index in [1.54, 1.807) is 0 Å². The van der Waals surface area contributed by atoms with E-state index in [0.29, 0.717) is 6.61 Å². The standard InChI is InChI=1S/C17H26O7/c1-3-4-5-6-7-8-9-22-15(19)11-14(23-12(2)18)13-10-16(20)24-17(13)21/h10,14,17,21H,3-9,11H2,1-2H3. The average Bonchev–Trinajstić information content (AvgIpc) is 2.84. The highest BCUT2D eigenvalue weighted by Gasteiger charge is 2.34. The van der Waals surface area contributed by atoms with Crippen LogP contribution in [0, 0.1) is 0 Å². The summed E-state index contributed by atoms with van der Waals surface area (Å²) in [5.41, 5.74) is 0.0479. The minimum absolute atomic E-state index is 0.0479. The molecular weight excluding hydrogens is 316 g/mol. The summed E-state index contributed by atoms with van der Waals surface area (Å²) < 4.78 is 14.7. The van der Waals surface area contributed by atoms with E-state index in [0.717, 1.165) is 25.3 Å². The van der Waals surface area contributed by atoms with Crippen LogP contribution in [0.3, 0.4) is 0 Å². The van der Waals surface area contributed by atoms with Crippen LogP contribution in [0.1, 0.15) is 58.8 Å². The predicted octanol–water partition coefficient (Wildman–Crippen LogP) is 2.01. The summed E-state index contributed by atoms with van der Waals surface area (Å²) in [7, 11) is 0. The first-order valence-electron chi connectivity index (χ1n) is 8.37. The zero-order valence-corrected chi connectivity index (χ0v) is 14.3. The molecule has 0 aromatic rings. The maximum Gasteiger partial charge on any atom is 0.333 e. The molecule has 0 spiro atoms. The van der Waals surface area contributed by atoms with Gasteiger partial charge in [-0.2, -0.15) is 0 Å². The third-order valence-electron chi connectivity index (χ3n) is 3.59. The third-order valence-corrected chi connectivity index (χ3v) is 3.59. The lowest BCUT2D eigenvalue weighted by Gasteiger charge is -2.19. The van der Waals surface area contributed by atoms with Crippen LogP contribution in [-0.2, 0) is 28.6 Å². The molecule has 136 valence electrons. The fraction of sp³-hybridized carbons (Fsp3) is 0.706. The quantitative estimate of drug-likeness (QED) is 0.348. The van der Waals surface area contributed by atoms with Gasteiger partial charge in [0.2, 0.25) is 6.29 Å². The van der Waals surface area contributed by atoms with E-state index in [-0.39, 0.29) is 12.0 Å². The number of aliphatic hydroxyl groups excluding tert-OH is 1. The van der Waals surface area contributed by atoms with Crippen LogP contribution in [0.5, 0.6) is 0 Å². The van der Waals surface area contributed by atoms with Gasteiger partial charge < -0.3 is 19.3 Å². The minimum atomic E-state index is -1.51. The Labute approximate surface area is 142 Å². The molecule has 1 N–H and O–H groups in total. The molecule has 24 heavy (non-hydrogen) atoms. The van der Waals surface area contributed by atoms with Crippen LogP contribution in [0.25, 0.3) is 0 Å². The van der Waals surface area contributed by atoms with Crippen LogP contribution in [0.2, 0.25) is 0 Å². The molecule has 2 atom stereocenters. The zero-order valence-electron chi connectivity index (χ0n) is 14.3. The number of hydrogen-bond acceptors (Lipinski definition) is 7. The van der Waals surface area contributed by atoms with Gasteiger partial charge in [0, 0.05) is 18.6 Å². The second-order valence-electron chi connectivity index (χ2n) is 5.72. The summed E-state index contributed by atoms with van der Waals surface area (Å²) in [5.74, 6) is -1.92. The van der Waals surface area contributed by atoms with E-state index in [1.165, 1.54) is 26.2 Å². The van der Waals surface area contributed by atoms with Gasteiger partial charge in [0.05, 0.1) is 13.0 Å². The zero-order chi connectivity index (χ0) is 17.9.